The molecule has 1 aromatic carbocycles. The van der Waals surface area contributed by atoms with Crippen molar-refractivity contribution < 1.29 is 8.78 Å². The molecule has 21 heavy (non-hydrogen) atoms. The third kappa shape index (κ3) is 3.35. The topological polar surface area (TPSA) is 37.8 Å². The molecule has 0 bridgehead atoms. The first-order chi connectivity index (χ1) is 10.2. The van der Waals surface area contributed by atoms with E-state index >= 15 is 0 Å². The van der Waals surface area contributed by atoms with Crippen molar-refractivity contribution in [3.05, 3.63) is 41.6 Å². The van der Waals surface area contributed by atoms with Gasteiger partial charge in [0, 0.05) is 35.9 Å². The number of rotatable bonds is 5. The maximum absolute atomic E-state index is 13.4. The average molecular weight is 289 g/mol. The van der Waals surface area contributed by atoms with Crippen molar-refractivity contribution in [2.45, 2.75) is 32.1 Å². The van der Waals surface area contributed by atoms with E-state index in [9.17, 15) is 8.78 Å². The second-order valence-electron chi connectivity index (χ2n) is 5.36. The Morgan fingerprint density at radius 2 is 1.81 bits per heavy atom. The van der Waals surface area contributed by atoms with Gasteiger partial charge in [-0.3, -0.25) is 0 Å². The highest BCUT2D eigenvalue weighted by atomic mass is 19.1. The van der Waals surface area contributed by atoms with Gasteiger partial charge in [-0.2, -0.15) is 0 Å². The Kier molecular flexibility index (Phi) is 3.82. The fourth-order valence-electron chi connectivity index (χ4n) is 2.21. The molecule has 0 amide bonds. The van der Waals surface area contributed by atoms with Crippen molar-refractivity contribution >= 4 is 5.82 Å². The van der Waals surface area contributed by atoms with E-state index in [0.29, 0.717) is 23.1 Å². The fourth-order valence-corrected chi connectivity index (χ4v) is 2.21. The Hall–Kier alpha value is -2.04. The quantitative estimate of drug-likeness (QED) is 0.899. The van der Waals surface area contributed by atoms with E-state index in [1.54, 1.807) is 0 Å². The molecule has 1 heterocycles. The molecule has 1 saturated carbocycles. The van der Waals surface area contributed by atoms with Crippen LogP contribution in [-0.2, 0) is 0 Å². The zero-order valence-corrected chi connectivity index (χ0v) is 11.9. The van der Waals surface area contributed by atoms with Crippen molar-refractivity contribution in [1.29, 1.82) is 0 Å². The standard InChI is InChI=1S/C16H17F2N3/c1-2-5-19-15-9-14(10-3-4-10)20-16(21-15)11-6-12(17)8-13(18)7-11/h6-10H,2-5H2,1H3,(H,19,20,21). The van der Waals surface area contributed by atoms with Crippen molar-refractivity contribution in [2.24, 2.45) is 0 Å². The first-order valence-corrected chi connectivity index (χ1v) is 7.25. The summed E-state index contributed by atoms with van der Waals surface area (Å²) in [5.74, 6) is 0.305. The van der Waals surface area contributed by atoms with Crippen LogP contribution in [0.3, 0.4) is 0 Å². The van der Waals surface area contributed by atoms with Gasteiger partial charge in [0.25, 0.3) is 0 Å². The van der Waals surface area contributed by atoms with Crippen LogP contribution < -0.4 is 5.32 Å². The highest BCUT2D eigenvalue weighted by molar-refractivity contribution is 5.58. The van der Waals surface area contributed by atoms with Gasteiger partial charge >= 0.3 is 0 Å². The van der Waals surface area contributed by atoms with E-state index in [2.05, 4.69) is 22.2 Å². The van der Waals surface area contributed by atoms with Gasteiger partial charge in [-0.25, -0.2) is 18.7 Å². The first kappa shape index (κ1) is 13.9. The Morgan fingerprint density at radius 1 is 1.10 bits per heavy atom. The van der Waals surface area contributed by atoms with Gasteiger partial charge in [0.15, 0.2) is 5.82 Å². The minimum absolute atomic E-state index is 0.370. The fraction of sp³-hybridized carbons (Fsp3) is 0.375. The number of benzene rings is 1. The predicted octanol–water partition coefficient (Wildman–Crippen LogP) is 4.12. The summed E-state index contributed by atoms with van der Waals surface area (Å²) in [7, 11) is 0. The zero-order valence-electron chi connectivity index (χ0n) is 11.9. The van der Waals surface area contributed by atoms with Crippen LogP contribution in [0.25, 0.3) is 11.4 Å². The second kappa shape index (κ2) is 5.76. The third-order valence-corrected chi connectivity index (χ3v) is 3.42. The van der Waals surface area contributed by atoms with Gasteiger partial charge in [-0.05, 0) is 31.4 Å². The molecule has 1 aliphatic carbocycles. The molecule has 1 fully saturated rings. The summed E-state index contributed by atoms with van der Waals surface area (Å²) in [4.78, 5) is 8.85. The molecule has 3 rings (SSSR count). The van der Waals surface area contributed by atoms with Crippen LogP contribution in [0.15, 0.2) is 24.3 Å². The van der Waals surface area contributed by atoms with Crippen LogP contribution in [0.2, 0.25) is 0 Å². The van der Waals surface area contributed by atoms with E-state index in [0.717, 1.165) is 37.6 Å². The smallest absolute Gasteiger partial charge is 0.161 e. The number of anilines is 1. The maximum atomic E-state index is 13.4. The number of nitrogens with zero attached hydrogens (tertiary/aromatic N) is 2. The third-order valence-electron chi connectivity index (χ3n) is 3.42. The van der Waals surface area contributed by atoms with Crippen LogP contribution in [0.4, 0.5) is 14.6 Å². The van der Waals surface area contributed by atoms with E-state index in [1.165, 1.54) is 12.1 Å². The molecule has 3 nitrogen and oxygen atoms in total. The predicted molar refractivity (Wildman–Crippen MR) is 78.1 cm³/mol. The molecular formula is C16H17F2N3. The normalized spacial score (nSPS) is 14.2. The molecule has 0 saturated heterocycles. The number of aromatic nitrogens is 2. The summed E-state index contributed by atoms with van der Waals surface area (Å²) in [6, 6.07) is 5.31. The van der Waals surface area contributed by atoms with Gasteiger partial charge in [0.1, 0.15) is 17.5 Å². The van der Waals surface area contributed by atoms with Crippen LogP contribution in [0.1, 0.15) is 37.8 Å². The molecule has 0 atom stereocenters. The van der Waals surface area contributed by atoms with Crippen LogP contribution in [-0.4, -0.2) is 16.5 Å². The average Bonchev–Trinajstić information content (AvgIpc) is 3.28. The van der Waals surface area contributed by atoms with Crippen molar-refractivity contribution in [3.63, 3.8) is 0 Å². The second-order valence-corrected chi connectivity index (χ2v) is 5.36. The molecule has 1 aromatic heterocycles. The number of hydrogen-bond acceptors (Lipinski definition) is 3. The molecule has 0 unspecified atom stereocenters. The monoisotopic (exact) mass is 289 g/mol. The molecule has 1 aliphatic rings. The van der Waals surface area contributed by atoms with E-state index in [4.69, 9.17) is 0 Å². The molecular weight excluding hydrogens is 272 g/mol. The largest absolute Gasteiger partial charge is 0.370 e. The summed E-state index contributed by atoms with van der Waals surface area (Å²) in [6.45, 7) is 2.87. The Labute approximate surface area is 122 Å². The lowest BCUT2D eigenvalue weighted by atomic mass is 10.2. The first-order valence-electron chi connectivity index (χ1n) is 7.25. The van der Waals surface area contributed by atoms with E-state index < -0.39 is 11.6 Å². The summed E-state index contributed by atoms with van der Waals surface area (Å²) in [5, 5.41) is 3.22. The maximum Gasteiger partial charge on any atom is 0.161 e. The lowest BCUT2D eigenvalue weighted by Gasteiger charge is -2.09. The Bertz CT molecular complexity index is 634. The molecule has 0 spiro atoms. The van der Waals surface area contributed by atoms with Crippen molar-refractivity contribution in [1.82, 2.24) is 9.97 Å². The van der Waals surface area contributed by atoms with Gasteiger partial charge in [0.05, 0.1) is 0 Å². The molecule has 1 N–H and O–H groups in total. The Morgan fingerprint density at radius 3 is 2.43 bits per heavy atom. The SMILES string of the molecule is CCCNc1cc(C2CC2)nc(-c2cc(F)cc(F)c2)n1. The van der Waals surface area contributed by atoms with Crippen molar-refractivity contribution in [2.75, 3.05) is 11.9 Å². The summed E-state index contributed by atoms with van der Waals surface area (Å²) < 4.78 is 26.8. The van der Waals surface area contributed by atoms with Crippen molar-refractivity contribution in [3.8, 4) is 11.4 Å². The van der Waals surface area contributed by atoms with Crippen LogP contribution in [0.5, 0.6) is 0 Å². The van der Waals surface area contributed by atoms with Crippen LogP contribution >= 0.6 is 0 Å². The van der Waals surface area contributed by atoms with Gasteiger partial charge in [-0.15, -0.1) is 0 Å². The zero-order chi connectivity index (χ0) is 14.8. The summed E-state index contributed by atoms with van der Waals surface area (Å²) >= 11 is 0. The molecule has 0 aliphatic heterocycles. The minimum Gasteiger partial charge on any atom is -0.370 e. The molecule has 110 valence electrons. The number of hydrogen-bond donors (Lipinski definition) is 1. The van der Waals surface area contributed by atoms with Gasteiger partial charge < -0.3 is 5.32 Å². The number of nitrogens with one attached hydrogen (secondary N) is 1. The molecule has 2 aromatic rings. The Balaban J connectivity index is 2.01. The summed E-state index contributed by atoms with van der Waals surface area (Å²) in [6.07, 6.45) is 3.20. The molecule has 0 radical (unpaired) electrons. The van der Waals surface area contributed by atoms with E-state index in [1.807, 2.05) is 6.07 Å². The lowest BCUT2D eigenvalue weighted by molar-refractivity contribution is 0.584. The lowest BCUT2D eigenvalue weighted by Crippen LogP contribution is -2.05. The van der Waals surface area contributed by atoms with E-state index in [-0.39, 0.29) is 0 Å². The molecule has 5 heteroatoms. The minimum atomic E-state index is -0.617. The van der Waals surface area contributed by atoms with Gasteiger partial charge in [-0.1, -0.05) is 6.92 Å². The highest BCUT2D eigenvalue weighted by Crippen LogP contribution is 2.40. The highest BCUT2D eigenvalue weighted by Gasteiger charge is 2.26. The van der Waals surface area contributed by atoms with Crippen LogP contribution in [0, 0.1) is 11.6 Å². The van der Waals surface area contributed by atoms with Gasteiger partial charge in [0.2, 0.25) is 0 Å². The summed E-state index contributed by atoms with van der Waals surface area (Å²) in [5.41, 5.74) is 1.32. The number of halogens is 2.